The van der Waals surface area contributed by atoms with E-state index in [-0.39, 0.29) is 5.82 Å². The predicted octanol–water partition coefficient (Wildman–Crippen LogP) is 2.22. The summed E-state index contributed by atoms with van der Waals surface area (Å²) in [6.45, 7) is 7.77. The Bertz CT molecular complexity index is 715. The maximum atomic E-state index is 12.9. The van der Waals surface area contributed by atoms with E-state index in [1.54, 1.807) is 12.1 Å². The molecule has 1 aromatic heterocycles. The molecule has 0 aliphatic carbocycles. The zero-order chi connectivity index (χ0) is 13.8. The Morgan fingerprint density at radius 2 is 1.89 bits per heavy atom. The van der Waals surface area contributed by atoms with Gasteiger partial charge in [0.2, 0.25) is 0 Å². The van der Waals surface area contributed by atoms with Gasteiger partial charge in [-0.1, -0.05) is 24.8 Å². The molecule has 19 heavy (non-hydrogen) atoms. The molecule has 0 bridgehead atoms. The normalized spacial score (nSPS) is 12.8. The molecule has 0 radical (unpaired) electrons. The molecule has 2 nitrogen and oxygen atoms in total. The van der Waals surface area contributed by atoms with Crippen molar-refractivity contribution in [1.29, 1.82) is 0 Å². The van der Waals surface area contributed by atoms with E-state index in [2.05, 4.69) is 16.5 Å². The second-order valence-corrected chi connectivity index (χ2v) is 4.21. The van der Waals surface area contributed by atoms with E-state index >= 15 is 0 Å². The molecule has 2 rings (SSSR count). The van der Waals surface area contributed by atoms with Crippen molar-refractivity contribution in [2.24, 2.45) is 0 Å². The van der Waals surface area contributed by atoms with Crippen molar-refractivity contribution >= 4 is 18.2 Å². The van der Waals surface area contributed by atoms with Crippen LogP contribution in [0, 0.1) is 12.7 Å². The fourth-order valence-corrected chi connectivity index (χ4v) is 1.85. The zero-order valence-corrected chi connectivity index (χ0v) is 11.0. The van der Waals surface area contributed by atoms with Gasteiger partial charge in [-0.05, 0) is 43.2 Å². The van der Waals surface area contributed by atoms with Gasteiger partial charge in [-0.25, -0.2) is 14.4 Å². The summed E-state index contributed by atoms with van der Waals surface area (Å²) in [6.07, 6.45) is 5.45. The highest BCUT2D eigenvalue weighted by Crippen LogP contribution is 2.16. The Kier molecular flexibility index (Phi) is 3.85. The first-order valence-electron chi connectivity index (χ1n) is 6.02. The molecule has 0 atom stereocenters. The summed E-state index contributed by atoms with van der Waals surface area (Å²) in [5.41, 5.74) is 2.82. The maximum absolute atomic E-state index is 12.9. The molecule has 0 spiro atoms. The van der Waals surface area contributed by atoms with Crippen molar-refractivity contribution in [3.05, 3.63) is 64.3 Å². The van der Waals surface area contributed by atoms with Crippen molar-refractivity contribution in [1.82, 2.24) is 9.97 Å². The van der Waals surface area contributed by atoms with Gasteiger partial charge in [-0.15, -0.1) is 0 Å². The lowest BCUT2D eigenvalue weighted by Crippen LogP contribution is -2.30. The van der Waals surface area contributed by atoms with Crippen molar-refractivity contribution in [2.75, 3.05) is 0 Å². The number of benzene rings is 1. The van der Waals surface area contributed by atoms with Gasteiger partial charge in [-0.3, -0.25) is 0 Å². The van der Waals surface area contributed by atoms with Gasteiger partial charge in [0, 0.05) is 10.9 Å². The zero-order valence-electron chi connectivity index (χ0n) is 11.0. The topological polar surface area (TPSA) is 25.8 Å². The first-order chi connectivity index (χ1) is 9.11. The summed E-state index contributed by atoms with van der Waals surface area (Å²) in [5, 5.41) is 1.59. The Morgan fingerprint density at radius 3 is 2.47 bits per heavy atom. The lowest BCUT2D eigenvalue weighted by atomic mass is 10.0. The number of rotatable bonds is 2. The van der Waals surface area contributed by atoms with Crippen molar-refractivity contribution in [2.45, 2.75) is 13.8 Å². The second-order valence-electron chi connectivity index (χ2n) is 4.21. The van der Waals surface area contributed by atoms with Crippen LogP contribution in [0.1, 0.15) is 18.2 Å². The quantitative estimate of drug-likeness (QED) is 0.821. The Balaban J connectivity index is 2.57. The van der Waals surface area contributed by atoms with Gasteiger partial charge in [0.25, 0.3) is 0 Å². The van der Waals surface area contributed by atoms with Gasteiger partial charge in [0.1, 0.15) is 12.1 Å². The van der Waals surface area contributed by atoms with E-state index in [9.17, 15) is 4.39 Å². The van der Waals surface area contributed by atoms with E-state index < -0.39 is 0 Å². The minimum atomic E-state index is -0.240. The maximum Gasteiger partial charge on any atom is 0.123 e. The summed E-state index contributed by atoms with van der Waals surface area (Å²) < 4.78 is 12.9. The number of nitrogens with zero attached hydrogens (tertiary/aromatic N) is 2. The van der Waals surface area contributed by atoms with Crippen LogP contribution in [0.3, 0.4) is 0 Å². The highest BCUT2D eigenvalue weighted by atomic mass is 19.1. The SMILES string of the molecule is C=c1ncnc(C)/c1=C/C(=C\C)c1ccc(F)cc1. The lowest BCUT2D eigenvalue weighted by molar-refractivity contribution is 0.627. The summed E-state index contributed by atoms with van der Waals surface area (Å²) in [7, 11) is 0. The average Bonchev–Trinajstić information content (AvgIpc) is 2.40. The number of allylic oxidation sites excluding steroid dienone is 2. The van der Waals surface area contributed by atoms with E-state index in [4.69, 9.17) is 0 Å². The van der Waals surface area contributed by atoms with Crippen LogP contribution in [-0.2, 0) is 0 Å². The van der Waals surface area contributed by atoms with Crippen molar-refractivity contribution in [3.63, 3.8) is 0 Å². The van der Waals surface area contributed by atoms with Crippen molar-refractivity contribution in [3.8, 4) is 0 Å². The number of aryl methyl sites for hydroxylation is 1. The van der Waals surface area contributed by atoms with E-state index in [1.165, 1.54) is 18.5 Å². The van der Waals surface area contributed by atoms with Gasteiger partial charge >= 0.3 is 0 Å². The molecule has 3 heteroatoms. The monoisotopic (exact) mass is 254 g/mol. The molecule has 0 N–H and O–H groups in total. The minimum absolute atomic E-state index is 0.240. The molecule has 1 aromatic carbocycles. The molecule has 96 valence electrons. The second kappa shape index (κ2) is 5.57. The van der Waals surface area contributed by atoms with Gasteiger partial charge in [0.05, 0.1) is 5.35 Å². The van der Waals surface area contributed by atoms with E-state index in [0.29, 0.717) is 5.35 Å². The average molecular weight is 254 g/mol. The molecule has 1 heterocycles. The summed E-state index contributed by atoms with van der Waals surface area (Å²) >= 11 is 0. The van der Waals surface area contributed by atoms with E-state index in [1.807, 2.05) is 26.0 Å². The number of hydrogen-bond donors (Lipinski definition) is 0. The fraction of sp³-hybridized carbons (Fsp3) is 0.125. The molecular formula is C16H15FN2. The Hall–Kier alpha value is -2.29. The molecule has 0 amide bonds. The highest BCUT2D eigenvalue weighted by molar-refractivity contribution is 5.88. The van der Waals surface area contributed by atoms with Crippen molar-refractivity contribution < 1.29 is 4.39 Å². The summed E-state index contributed by atoms with van der Waals surface area (Å²) in [5.74, 6) is -0.240. The van der Waals surface area contributed by atoms with Gasteiger partial charge in [-0.2, -0.15) is 0 Å². The summed E-state index contributed by atoms with van der Waals surface area (Å²) in [6, 6.07) is 6.41. The molecule has 2 aromatic rings. The Labute approximate surface area is 111 Å². The fourth-order valence-electron chi connectivity index (χ4n) is 1.85. The van der Waals surface area contributed by atoms with Gasteiger partial charge in [0.15, 0.2) is 0 Å². The first-order valence-corrected chi connectivity index (χ1v) is 6.02. The smallest absolute Gasteiger partial charge is 0.123 e. The van der Waals surface area contributed by atoms with Crippen LogP contribution >= 0.6 is 0 Å². The minimum Gasteiger partial charge on any atom is -0.241 e. The van der Waals surface area contributed by atoms with Gasteiger partial charge < -0.3 is 0 Å². The number of aromatic nitrogens is 2. The first kappa shape index (κ1) is 13.1. The summed E-state index contributed by atoms with van der Waals surface area (Å²) in [4.78, 5) is 8.26. The van der Waals surface area contributed by atoms with Crippen LogP contribution < -0.4 is 10.6 Å². The molecule has 0 saturated carbocycles. The molecule has 0 aliphatic rings. The van der Waals surface area contributed by atoms with Crippen LogP contribution in [0.25, 0.3) is 18.2 Å². The third-order valence-electron chi connectivity index (χ3n) is 2.95. The molecular weight excluding hydrogens is 239 g/mol. The molecule has 0 saturated heterocycles. The van der Waals surface area contributed by atoms with Crippen LogP contribution in [0.2, 0.25) is 0 Å². The number of hydrogen-bond acceptors (Lipinski definition) is 2. The Morgan fingerprint density at radius 1 is 1.21 bits per heavy atom. The third-order valence-corrected chi connectivity index (χ3v) is 2.95. The predicted molar refractivity (Wildman–Crippen MR) is 76.1 cm³/mol. The molecule has 0 unspecified atom stereocenters. The molecule has 0 fully saturated rings. The van der Waals surface area contributed by atoms with Crippen LogP contribution in [0.15, 0.2) is 36.7 Å². The van der Waals surface area contributed by atoms with E-state index in [0.717, 1.165) is 22.0 Å². The van der Waals surface area contributed by atoms with Crippen LogP contribution in [0.4, 0.5) is 4.39 Å². The van der Waals surface area contributed by atoms with Crippen LogP contribution in [0.5, 0.6) is 0 Å². The standard InChI is InChI=1S/C16H15FN2/c1-4-13(14-5-7-15(17)8-6-14)9-16-11(2)18-10-19-12(16)3/h4-10H,2H2,1,3H3/b13-4+,16-9+. The largest absolute Gasteiger partial charge is 0.241 e. The highest BCUT2D eigenvalue weighted by Gasteiger charge is 1.99. The third kappa shape index (κ3) is 2.94. The van der Waals surface area contributed by atoms with Crippen LogP contribution in [-0.4, -0.2) is 9.97 Å². The lowest BCUT2D eigenvalue weighted by Gasteiger charge is -2.03. The number of halogens is 1. The molecule has 0 aliphatic heterocycles.